The standard InChI is InChI=1S/C14H14F4N6/c15-10-5-19-7-22-13(10)24-3-1-2-9(6-24)23-12-4-11(14(16,17)18)20-8-21-12/h4-5,7-9H,1-3,6H2,(H,20,21,23). The van der Waals surface area contributed by atoms with Crippen LogP contribution in [-0.2, 0) is 6.18 Å². The van der Waals surface area contributed by atoms with Crippen molar-refractivity contribution in [2.45, 2.75) is 25.1 Å². The zero-order valence-electron chi connectivity index (χ0n) is 12.5. The van der Waals surface area contributed by atoms with E-state index in [0.717, 1.165) is 31.4 Å². The molecule has 3 heterocycles. The lowest BCUT2D eigenvalue weighted by Crippen LogP contribution is -2.43. The molecule has 1 atom stereocenters. The first-order valence-corrected chi connectivity index (χ1v) is 7.30. The number of aromatic nitrogens is 4. The second-order valence-corrected chi connectivity index (χ2v) is 5.41. The van der Waals surface area contributed by atoms with Gasteiger partial charge >= 0.3 is 6.18 Å². The van der Waals surface area contributed by atoms with Gasteiger partial charge in [-0.05, 0) is 12.8 Å². The molecule has 0 aromatic carbocycles. The van der Waals surface area contributed by atoms with Gasteiger partial charge in [0, 0.05) is 25.2 Å². The molecule has 2 aromatic rings. The van der Waals surface area contributed by atoms with E-state index < -0.39 is 17.7 Å². The fraction of sp³-hybridized carbons (Fsp3) is 0.429. The van der Waals surface area contributed by atoms with Crippen LogP contribution in [0.4, 0.5) is 29.2 Å². The lowest BCUT2D eigenvalue weighted by Gasteiger charge is -2.34. The predicted molar refractivity (Wildman–Crippen MR) is 77.9 cm³/mol. The highest BCUT2D eigenvalue weighted by Crippen LogP contribution is 2.28. The third-order valence-corrected chi connectivity index (χ3v) is 3.68. The molecule has 0 spiro atoms. The van der Waals surface area contributed by atoms with E-state index in [1.165, 1.54) is 6.33 Å². The lowest BCUT2D eigenvalue weighted by atomic mass is 10.1. The van der Waals surface area contributed by atoms with Crippen LogP contribution < -0.4 is 10.2 Å². The van der Waals surface area contributed by atoms with Crippen LogP contribution in [-0.4, -0.2) is 39.1 Å². The Bertz CT molecular complexity index is 708. The maximum atomic E-state index is 13.8. The monoisotopic (exact) mass is 342 g/mol. The summed E-state index contributed by atoms with van der Waals surface area (Å²) in [6, 6.07) is 0.689. The van der Waals surface area contributed by atoms with E-state index in [9.17, 15) is 17.6 Å². The molecule has 10 heteroatoms. The number of rotatable bonds is 3. The molecule has 128 valence electrons. The van der Waals surface area contributed by atoms with Crippen LogP contribution in [0.1, 0.15) is 18.5 Å². The summed E-state index contributed by atoms with van der Waals surface area (Å²) >= 11 is 0. The van der Waals surface area contributed by atoms with Gasteiger partial charge in [-0.2, -0.15) is 13.2 Å². The summed E-state index contributed by atoms with van der Waals surface area (Å²) in [6.45, 7) is 1.02. The third kappa shape index (κ3) is 3.69. The summed E-state index contributed by atoms with van der Waals surface area (Å²) < 4.78 is 51.9. The number of nitrogens with one attached hydrogen (secondary N) is 1. The van der Waals surface area contributed by atoms with Crippen molar-refractivity contribution in [2.24, 2.45) is 0 Å². The van der Waals surface area contributed by atoms with E-state index in [-0.39, 0.29) is 17.7 Å². The molecule has 2 aromatic heterocycles. The minimum atomic E-state index is -4.53. The van der Waals surface area contributed by atoms with E-state index >= 15 is 0 Å². The molecule has 0 aliphatic carbocycles. The van der Waals surface area contributed by atoms with Crippen molar-refractivity contribution in [3.8, 4) is 0 Å². The Morgan fingerprint density at radius 2 is 2.00 bits per heavy atom. The van der Waals surface area contributed by atoms with Gasteiger partial charge in [0.1, 0.15) is 24.2 Å². The minimum absolute atomic E-state index is 0.0901. The summed E-state index contributed by atoms with van der Waals surface area (Å²) in [5, 5.41) is 2.95. The highest BCUT2D eigenvalue weighted by atomic mass is 19.4. The Kier molecular flexibility index (Phi) is 4.45. The van der Waals surface area contributed by atoms with E-state index in [2.05, 4.69) is 25.3 Å². The van der Waals surface area contributed by atoms with Gasteiger partial charge in [-0.25, -0.2) is 24.3 Å². The first-order valence-electron chi connectivity index (χ1n) is 7.30. The molecule has 6 nitrogen and oxygen atoms in total. The van der Waals surface area contributed by atoms with Gasteiger partial charge in [0.05, 0.1) is 6.20 Å². The highest BCUT2D eigenvalue weighted by molar-refractivity contribution is 5.42. The van der Waals surface area contributed by atoms with Crippen molar-refractivity contribution < 1.29 is 17.6 Å². The van der Waals surface area contributed by atoms with Crippen LogP contribution >= 0.6 is 0 Å². The fourth-order valence-corrected chi connectivity index (χ4v) is 2.63. The Morgan fingerprint density at radius 1 is 1.17 bits per heavy atom. The minimum Gasteiger partial charge on any atom is -0.365 e. The van der Waals surface area contributed by atoms with Crippen LogP contribution in [0.3, 0.4) is 0 Å². The second-order valence-electron chi connectivity index (χ2n) is 5.41. The Balaban J connectivity index is 1.71. The largest absolute Gasteiger partial charge is 0.433 e. The van der Waals surface area contributed by atoms with Crippen LogP contribution in [0, 0.1) is 5.82 Å². The van der Waals surface area contributed by atoms with Gasteiger partial charge in [0.25, 0.3) is 0 Å². The highest BCUT2D eigenvalue weighted by Gasteiger charge is 2.33. The Hall–Kier alpha value is -2.52. The summed E-state index contributed by atoms with van der Waals surface area (Å²) in [5.74, 6) is -0.248. The van der Waals surface area contributed by atoms with E-state index in [4.69, 9.17) is 0 Å². The second kappa shape index (κ2) is 6.54. The first kappa shape index (κ1) is 16.3. The topological polar surface area (TPSA) is 66.8 Å². The van der Waals surface area contributed by atoms with Crippen LogP contribution in [0.5, 0.6) is 0 Å². The SMILES string of the molecule is Fc1cncnc1N1CCCC(Nc2cc(C(F)(F)F)ncn2)C1. The average Bonchev–Trinajstić information content (AvgIpc) is 2.55. The van der Waals surface area contributed by atoms with E-state index in [0.29, 0.717) is 13.1 Å². The van der Waals surface area contributed by atoms with E-state index in [1.54, 1.807) is 4.90 Å². The molecule has 0 radical (unpaired) electrons. The van der Waals surface area contributed by atoms with Gasteiger partial charge in [-0.15, -0.1) is 0 Å². The first-order chi connectivity index (χ1) is 11.4. The zero-order chi connectivity index (χ0) is 17.2. The molecule has 0 bridgehead atoms. The van der Waals surface area contributed by atoms with Gasteiger partial charge < -0.3 is 10.2 Å². The number of hydrogen-bond acceptors (Lipinski definition) is 6. The molecular formula is C14H14F4N6. The average molecular weight is 342 g/mol. The van der Waals surface area contributed by atoms with Gasteiger partial charge in [-0.3, -0.25) is 0 Å². The Morgan fingerprint density at radius 3 is 2.75 bits per heavy atom. The van der Waals surface area contributed by atoms with Crippen molar-refractivity contribution in [1.29, 1.82) is 0 Å². The predicted octanol–water partition coefficient (Wildman–Crippen LogP) is 2.51. The van der Waals surface area contributed by atoms with Crippen molar-refractivity contribution in [2.75, 3.05) is 23.3 Å². The van der Waals surface area contributed by atoms with Crippen molar-refractivity contribution in [1.82, 2.24) is 19.9 Å². The van der Waals surface area contributed by atoms with E-state index in [1.807, 2.05) is 0 Å². The van der Waals surface area contributed by atoms with Crippen LogP contribution in [0.15, 0.2) is 24.9 Å². The molecule has 3 rings (SSSR count). The number of nitrogens with zero attached hydrogens (tertiary/aromatic N) is 5. The van der Waals surface area contributed by atoms with Gasteiger partial charge in [-0.1, -0.05) is 0 Å². The molecule has 1 unspecified atom stereocenters. The number of hydrogen-bond donors (Lipinski definition) is 1. The molecule has 1 N–H and O–H groups in total. The molecule has 0 saturated carbocycles. The summed E-state index contributed by atoms with van der Waals surface area (Å²) in [5.41, 5.74) is -1.01. The van der Waals surface area contributed by atoms with Gasteiger partial charge in [0.2, 0.25) is 0 Å². The number of anilines is 2. The smallest absolute Gasteiger partial charge is 0.365 e. The number of piperidine rings is 1. The van der Waals surface area contributed by atoms with Crippen LogP contribution in [0.25, 0.3) is 0 Å². The molecule has 1 aliphatic heterocycles. The molecule has 1 aliphatic rings. The fourth-order valence-electron chi connectivity index (χ4n) is 2.63. The summed E-state index contributed by atoms with van der Waals surface area (Å²) in [4.78, 5) is 16.3. The third-order valence-electron chi connectivity index (χ3n) is 3.68. The lowest BCUT2D eigenvalue weighted by molar-refractivity contribution is -0.141. The molecule has 24 heavy (non-hydrogen) atoms. The summed E-state index contributed by atoms with van der Waals surface area (Å²) in [7, 11) is 0. The zero-order valence-corrected chi connectivity index (χ0v) is 12.5. The number of halogens is 4. The van der Waals surface area contributed by atoms with Gasteiger partial charge in [0.15, 0.2) is 11.6 Å². The maximum absolute atomic E-state index is 13.8. The summed E-state index contributed by atoms with van der Waals surface area (Å²) in [6.07, 6.45) is 0.166. The normalized spacial score (nSPS) is 18.5. The molecule has 1 saturated heterocycles. The van der Waals surface area contributed by atoms with Crippen LogP contribution in [0.2, 0.25) is 0 Å². The maximum Gasteiger partial charge on any atom is 0.433 e. The molecular weight excluding hydrogens is 328 g/mol. The van der Waals surface area contributed by atoms with Crippen molar-refractivity contribution in [3.05, 3.63) is 36.4 Å². The van der Waals surface area contributed by atoms with Crippen molar-refractivity contribution in [3.63, 3.8) is 0 Å². The quantitative estimate of drug-likeness (QED) is 0.865. The molecule has 1 fully saturated rings. The molecule has 0 amide bonds. The Labute approximate surface area is 135 Å². The number of alkyl halides is 3. The van der Waals surface area contributed by atoms with Crippen molar-refractivity contribution >= 4 is 11.6 Å².